The minimum absolute atomic E-state index is 0.0630. The predicted molar refractivity (Wildman–Crippen MR) is 112 cm³/mol. The number of piperazine rings is 1. The van der Waals surface area contributed by atoms with Crippen LogP contribution in [0, 0.1) is 0 Å². The van der Waals surface area contributed by atoms with Gasteiger partial charge in [0.05, 0.1) is 4.90 Å². The topological polar surface area (TPSA) is 90.0 Å². The summed E-state index contributed by atoms with van der Waals surface area (Å²) >= 11 is 0. The van der Waals surface area contributed by atoms with E-state index >= 15 is 0 Å². The first-order valence-corrected chi connectivity index (χ1v) is 11.3. The predicted octanol–water partition coefficient (Wildman–Crippen LogP) is 0.537. The molecule has 8 nitrogen and oxygen atoms in total. The highest BCUT2D eigenvalue weighted by atomic mass is 32.2. The van der Waals surface area contributed by atoms with Crippen LogP contribution in [0.3, 0.4) is 0 Å². The Hall–Kier alpha value is -1.97. The maximum atomic E-state index is 12.8. The van der Waals surface area contributed by atoms with E-state index in [2.05, 4.69) is 24.1 Å². The van der Waals surface area contributed by atoms with Crippen LogP contribution in [-0.4, -0.2) is 87.2 Å². The van der Waals surface area contributed by atoms with Gasteiger partial charge in [-0.05, 0) is 38.0 Å². The molecule has 1 heterocycles. The second-order valence-electron chi connectivity index (χ2n) is 7.74. The molecule has 1 unspecified atom stereocenters. The van der Waals surface area contributed by atoms with Gasteiger partial charge in [0.2, 0.25) is 21.8 Å². The number of sulfonamides is 1. The molecule has 1 atom stereocenters. The Morgan fingerprint density at radius 3 is 2.31 bits per heavy atom. The van der Waals surface area contributed by atoms with E-state index in [1.54, 1.807) is 36.2 Å². The van der Waals surface area contributed by atoms with Gasteiger partial charge < -0.3 is 10.2 Å². The Labute approximate surface area is 173 Å². The summed E-state index contributed by atoms with van der Waals surface area (Å²) in [7, 11) is 1.10. The molecule has 1 aliphatic rings. The smallest absolute Gasteiger partial charge is 0.243 e. The Morgan fingerprint density at radius 2 is 1.79 bits per heavy atom. The van der Waals surface area contributed by atoms with Crippen molar-refractivity contribution in [2.45, 2.75) is 43.7 Å². The van der Waals surface area contributed by atoms with Gasteiger partial charge in [-0.2, -0.15) is 0 Å². The van der Waals surface area contributed by atoms with Gasteiger partial charge in [-0.25, -0.2) is 12.7 Å². The standard InChI is InChI=1S/C20H32N4O4S/c1-15(2)23-12-13-24(18(14-23)20(26)21-3)19(25)11-8-16-6-9-17(10-7-16)29(27,28)22(4)5/h6-7,9-10,15,18H,8,11-14H2,1-5H3,(H,21,26). The van der Waals surface area contributed by atoms with Crippen LogP contribution >= 0.6 is 0 Å². The maximum Gasteiger partial charge on any atom is 0.243 e. The van der Waals surface area contributed by atoms with Crippen molar-refractivity contribution in [2.75, 3.05) is 40.8 Å². The molecule has 0 aliphatic carbocycles. The monoisotopic (exact) mass is 424 g/mol. The summed E-state index contributed by atoms with van der Waals surface area (Å²) in [5, 5.41) is 2.66. The molecule has 29 heavy (non-hydrogen) atoms. The average molecular weight is 425 g/mol. The Balaban J connectivity index is 2.03. The van der Waals surface area contributed by atoms with Crippen molar-refractivity contribution in [3.05, 3.63) is 29.8 Å². The molecule has 0 saturated carbocycles. The number of nitrogens with one attached hydrogen (secondary N) is 1. The van der Waals surface area contributed by atoms with Crippen LogP contribution < -0.4 is 5.32 Å². The average Bonchev–Trinajstić information content (AvgIpc) is 2.71. The van der Waals surface area contributed by atoms with E-state index in [9.17, 15) is 18.0 Å². The van der Waals surface area contributed by atoms with Crippen LogP contribution in [0.25, 0.3) is 0 Å². The van der Waals surface area contributed by atoms with Gasteiger partial charge in [0.15, 0.2) is 0 Å². The van der Waals surface area contributed by atoms with E-state index in [1.807, 2.05) is 0 Å². The molecule has 0 radical (unpaired) electrons. The zero-order chi connectivity index (χ0) is 21.8. The van der Waals surface area contributed by atoms with Crippen LogP contribution in [0.4, 0.5) is 0 Å². The van der Waals surface area contributed by atoms with Crippen LogP contribution in [0.15, 0.2) is 29.2 Å². The summed E-state index contributed by atoms with van der Waals surface area (Å²) in [4.78, 5) is 29.2. The SMILES string of the molecule is CNC(=O)C1CN(C(C)C)CCN1C(=O)CCc1ccc(S(=O)(=O)N(C)C)cc1. The van der Waals surface area contributed by atoms with E-state index in [1.165, 1.54) is 18.4 Å². The first-order chi connectivity index (χ1) is 13.6. The third-order valence-corrected chi connectivity index (χ3v) is 7.17. The fourth-order valence-corrected chi connectivity index (χ4v) is 4.30. The lowest BCUT2D eigenvalue weighted by Crippen LogP contribution is -2.61. The van der Waals surface area contributed by atoms with E-state index < -0.39 is 16.1 Å². The van der Waals surface area contributed by atoms with Crippen molar-refractivity contribution in [2.24, 2.45) is 0 Å². The van der Waals surface area contributed by atoms with Crippen LogP contribution in [0.5, 0.6) is 0 Å². The van der Waals surface area contributed by atoms with E-state index in [0.717, 1.165) is 12.1 Å². The van der Waals surface area contributed by atoms with Gasteiger partial charge in [0.25, 0.3) is 0 Å². The quantitative estimate of drug-likeness (QED) is 0.690. The molecule has 1 saturated heterocycles. The zero-order valence-electron chi connectivity index (χ0n) is 17.9. The minimum Gasteiger partial charge on any atom is -0.357 e. The lowest BCUT2D eigenvalue weighted by Gasteiger charge is -2.42. The molecule has 0 bridgehead atoms. The molecule has 9 heteroatoms. The summed E-state index contributed by atoms with van der Waals surface area (Å²) in [5.74, 6) is -0.214. The summed E-state index contributed by atoms with van der Waals surface area (Å²) < 4.78 is 25.5. The van der Waals surface area contributed by atoms with Gasteiger partial charge in [0.1, 0.15) is 6.04 Å². The molecule has 162 valence electrons. The van der Waals surface area contributed by atoms with Gasteiger partial charge >= 0.3 is 0 Å². The fraction of sp³-hybridized carbons (Fsp3) is 0.600. The summed E-state index contributed by atoms with van der Waals surface area (Å²) in [5.41, 5.74) is 0.883. The largest absolute Gasteiger partial charge is 0.357 e. The van der Waals surface area contributed by atoms with Crippen LogP contribution in [0.1, 0.15) is 25.8 Å². The van der Waals surface area contributed by atoms with Crippen LogP contribution in [0.2, 0.25) is 0 Å². The normalized spacial score (nSPS) is 18.3. The molecule has 2 rings (SSSR count). The second-order valence-corrected chi connectivity index (χ2v) is 9.89. The van der Waals surface area contributed by atoms with Gasteiger partial charge in [0, 0.05) is 53.2 Å². The van der Waals surface area contributed by atoms with Gasteiger partial charge in [-0.3, -0.25) is 14.5 Å². The molecule has 1 aliphatic heterocycles. The molecule has 0 aromatic heterocycles. The highest BCUT2D eigenvalue weighted by Gasteiger charge is 2.35. The molecule has 2 amide bonds. The van der Waals surface area contributed by atoms with Crippen molar-refractivity contribution in [3.8, 4) is 0 Å². The Kier molecular flexibility index (Phi) is 7.79. The lowest BCUT2D eigenvalue weighted by atomic mass is 10.1. The summed E-state index contributed by atoms with van der Waals surface area (Å²) in [6.07, 6.45) is 0.765. The van der Waals surface area contributed by atoms with E-state index in [4.69, 9.17) is 0 Å². The second kappa shape index (κ2) is 9.69. The summed E-state index contributed by atoms with van der Waals surface area (Å²) in [6.45, 7) is 5.96. The first-order valence-electron chi connectivity index (χ1n) is 9.84. The molecule has 1 fully saturated rings. The number of benzene rings is 1. The van der Waals surface area contributed by atoms with Crippen molar-refractivity contribution < 1.29 is 18.0 Å². The number of likely N-dealkylation sites (N-methyl/N-ethyl adjacent to an activating group) is 1. The highest BCUT2D eigenvalue weighted by molar-refractivity contribution is 7.89. The zero-order valence-corrected chi connectivity index (χ0v) is 18.7. The number of carbonyl (C=O) groups excluding carboxylic acids is 2. The van der Waals surface area contributed by atoms with Crippen molar-refractivity contribution >= 4 is 21.8 Å². The molecular formula is C20H32N4O4S. The first kappa shape index (κ1) is 23.3. The minimum atomic E-state index is -3.47. The maximum absolute atomic E-state index is 12.8. The summed E-state index contributed by atoms with van der Waals surface area (Å²) in [6, 6.07) is 6.41. The number of nitrogens with zero attached hydrogens (tertiary/aromatic N) is 3. The van der Waals surface area contributed by atoms with Crippen molar-refractivity contribution in [3.63, 3.8) is 0 Å². The third-order valence-electron chi connectivity index (χ3n) is 5.34. The number of hydrogen-bond donors (Lipinski definition) is 1. The number of amides is 2. The Bertz CT molecular complexity index is 821. The number of hydrogen-bond acceptors (Lipinski definition) is 5. The van der Waals surface area contributed by atoms with Crippen molar-refractivity contribution in [1.29, 1.82) is 0 Å². The number of rotatable bonds is 7. The van der Waals surface area contributed by atoms with Crippen molar-refractivity contribution in [1.82, 2.24) is 19.4 Å². The van der Waals surface area contributed by atoms with Gasteiger partial charge in [-0.1, -0.05) is 12.1 Å². The highest BCUT2D eigenvalue weighted by Crippen LogP contribution is 2.17. The van der Waals surface area contributed by atoms with Crippen LogP contribution in [-0.2, 0) is 26.0 Å². The number of aryl methyl sites for hydroxylation is 1. The molecular weight excluding hydrogens is 392 g/mol. The fourth-order valence-electron chi connectivity index (χ4n) is 3.40. The molecule has 0 spiro atoms. The number of carbonyl (C=O) groups is 2. The van der Waals surface area contributed by atoms with Gasteiger partial charge in [-0.15, -0.1) is 0 Å². The third kappa shape index (κ3) is 5.55. The Morgan fingerprint density at radius 1 is 1.17 bits per heavy atom. The lowest BCUT2D eigenvalue weighted by molar-refractivity contribution is -0.144. The molecule has 1 aromatic carbocycles. The van der Waals surface area contributed by atoms with E-state index in [-0.39, 0.29) is 23.1 Å². The van der Waals surface area contributed by atoms with E-state index in [0.29, 0.717) is 25.6 Å². The molecule has 1 N–H and O–H groups in total. The molecule has 1 aromatic rings.